The van der Waals surface area contributed by atoms with E-state index in [9.17, 15) is 28.8 Å². The van der Waals surface area contributed by atoms with E-state index < -0.39 is 45.6 Å². The van der Waals surface area contributed by atoms with Gasteiger partial charge in [0.15, 0.2) is 9.99 Å². The minimum absolute atomic E-state index is 0.0237. The van der Waals surface area contributed by atoms with E-state index in [-0.39, 0.29) is 44.6 Å². The molecule has 2 aromatic rings. The van der Waals surface area contributed by atoms with Crippen molar-refractivity contribution in [3.05, 3.63) is 65.5 Å². The number of carbonyl (C=O) groups is 6. The Kier molecular flexibility index (Phi) is 11.1. The summed E-state index contributed by atoms with van der Waals surface area (Å²) >= 11 is 0.589. The topological polar surface area (TPSA) is 160 Å². The van der Waals surface area contributed by atoms with E-state index in [1.807, 2.05) is 13.8 Å². The maximum atomic E-state index is 13.9. The molecular weight excluding hydrogens is 558 g/mol. The van der Waals surface area contributed by atoms with Crippen LogP contribution in [0.2, 0.25) is 0 Å². The lowest BCUT2D eigenvalue weighted by atomic mass is 9.99. The van der Waals surface area contributed by atoms with Crippen molar-refractivity contribution >= 4 is 46.4 Å². The van der Waals surface area contributed by atoms with Crippen molar-refractivity contribution in [3.8, 4) is 0 Å². The van der Waals surface area contributed by atoms with Gasteiger partial charge in [-0.1, -0.05) is 26.0 Å². The molecule has 2 atom stereocenters. The minimum atomic E-state index is -1.95. The van der Waals surface area contributed by atoms with Gasteiger partial charge in [-0.25, -0.2) is 0 Å². The van der Waals surface area contributed by atoms with E-state index in [0.717, 1.165) is 9.80 Å². The standard InChI is InChI=1S/C30H37N5O6S/c1-19(2)17-24(31)28(40)35(30(29(41)32-4,42-20(3)36)18-21-12-14-33-15-13-21)25(37)11-7-8-16-34-26(38)22-9-5-6-10-23(22)27(34)39/h5-6,9-10,12-15,19,24H,7-8,11,16-18,31H2,1-4H3,(H,32,41)/t24-,30+/m0/s1. The first kappa shape index (κ1) is 32.6. The molecule has 42 heavy (non-hydrogen) atoms. The third kappa shape index (κ3) is 7.29. The number of pyridine rings is 1. The molecule has 0 unspecified atom stereocenters. The SMILES string of the molecule is CNC(=O)[C@@](Cc1ccncc1)(SC(C)=O)N(C(=O)CCCCN1C(=O)c2ccccc2C1=O)C(=O)[C@@H](N)CC(C)C. The normalized spacial score (nSPS) is 14.8. The molecule has 5 amide bonds. The molecule has 12 heteroatoms. The number of carbonyl (C=O) groups excluding carboxylic acids is 6. The van der Waals surface area contributed by atoms with Gasteiger partial charge in [-0.05, 0) is 66.8 Å². The summed E-state index contributed by atoms with van der Waals surface area (Å²) < 4.78 is 0. The Morgan fingerprint density at radius 3 is 2.14 bits per heavy atom. The molecule has 224 valence electrons. The van der Waals surface area contributed by atoms with Crippen LogP contribution in [0.1, 0.15) is 72.7 Å². The highest BCUT2D eigenvalue weighted by Gasteiger charge is 2.52. The van der Waals surface area contributed by atoms with Crippen molar-refractivity contribution in [3.63, 3.8) is 0 Å². The average molecular weight is 596 g/mol. The number of amides is 5. The van der Waals surface area contributed by atoms with E-state index in [2.05, 4.69) is 10.3 Å². The second-order valence-electron chi connectivity index (χ2n) is 10.6. The van der Waals surface area contributed by atoms with Gasteiger partial charge >= 0.3 is 0 Å². The lowest BCUT2D eigenvalue weighted by Gasteiger charge is -2.41. The number of hydrogen-bond acceptors (Lipinski definition) is 9. The second-order valence-corrected chi connectivity index (χ2v) is 12.0. The van der Waals surface area contributed by atoms with Gasteiger partial charge in [0.25, 0.3) is 17.7 Å². The number of aromatic nitrogens is 1. The molecule has 0 spiro atoms. The highest BCUT2D eigenvalue weighted by Crippen LogP contribution is 2.36. The van der Waals surface area contributed by atoms with E-state index in [0.29, 0.717) is 28.5 Å². The highest BCUT2D eigenvalue weighted by molar-refractivity contribution is 8.15. The number of fused-ring (bicyclic) bond motifs is 1. The molecule has 0 aliphatic carbocycles. The summed E-state index contributed by atoms with van der Waals surface area (Å²) in [5.74, 6) is -2.92. The molecule has 1 aliphatic heterocycles. The Morgan fingerprint density at radius 1 is 1.02 bits per heavy atom. The van der Waals surface area contributed by atoms with Gasteiger partial charge < -0.3 is 11.1 Å². The molecule has 3 rings (SSSR count). The first-order valence-corrected chi connectivity index (χ1v) is 14.6. The first-order chi connectivity index (χ1) is 19.9. The molecule has 1 aromatic carbocycles. The van der Waals surface area contributed by atoms with Crippen LogP contribution in [0.15, 0.2) is 48.8 Å². The molecule has 2 heterocycles. The van der Waals surface area contributed by atoms with Gasteiger partial charge in [0.05, 0.1) is 17.2 Å². The number of unbranched alkanes of at least 4 members (excludes halogenated alkanes) is 1. The van der Waals surface area contributed by atoms with Crippen LogP contribution in [0.5, 0.6) is 0 Å². The van der Waals surface area contributed by atoms with E-state index in [1.54, 1.807) is 36.4 Å². The molecular formula is C30H37N5O6S. The number of rotatable bonds is 13. The van der Waals surface area contributed by atoms with Crippen LogP contribution in [-0.2, 0) is 25.6 Å². The summed E-state index contributed by atoms with van der Waals surface area (Å²) in [6.07, 6.45) is 3.44. The fourth-order valence-corrected chi connectivity index (χ4v) is 6.17. The molecule has 11 nitrogen and oxygen atoms in total. The predicted molar refractivity (Wildman–Crippen MR) is 158 cm³/mol. The Labute approximate surface area is 249 Å². The number of hydrogen-bond donors (Lipinski definition) is 2. The lowest BCUT2D eigenvalue weighted by Crippen LogP contribution is -2.64. The molecule has 3 N–H and O–H groups in total. The molecule has 1 aliphatic rings. The fraction of sp³-hybridized carbons (Fsp3) is 0.433. The zero-order valence-corrected chi connectivity index (χ0v) is 25.1. The van der Waals surface area contributed by atoms with Crippen molar-refractivity contribution < 1.29 is 28.8 Å². The maximum Gasteiger partial charge on any atom is 0.261 e. The number of thioether (sulfide) groups is 1. The van der Waals surface area contributed by atoms with Crippen molar-refractivity contribution in [2.75, 3.05) is 13.6 Å². The molecule has 0 radical (unpaired) electrons. The molecule has 0 saturated heterocycles. The van der Waals surface area contributed by atoms with E-state index in [1.165, 1.54) is 26.4 Å². The first-order valence-electron chi connectivity index (χ1n) is 13.8. The molecule has 1 aromatic heterocycles. The molecule has 0 bridgehead atoms. The van der Waals surface area contributed by atoms with Crippen molar-refractivity contribution in [1.29, 1.82) is 0 Å². The Balaban J connectivity index is 1.89. The Bertz CT molecular complexity index is 1320. The van der Waals surface area contributed by atoms with Gasteiger partial charge in [0.1, 0.15) is 0 Å². The predicted octanol–water partition coefficient (Wildman–Crippen LogP) is 2.54. The fourth-order valence-electron chi connectivity index (χ4n) is 4.98. The summed E-state index contributed by atoms with van der Waals surface area (Å²) in [5.41, 5.74) is 7.52. The molecule has 0 fully saturated rings. The smallest absolute Gasteiger partial charge is 0.261 e. The number of imide groups is 2. The van der Waals surface area contributed by atoms with E-state index in [4.69, 9.17) is 5.73 Å². The quantitative estimate of drug-likeness (QED) is 0.201. The van der Waals surface area contributed by atoms with Crippen molar-refractivity contribution in [1.82, 2.24) is 20.1 Å². The van der Waals surface area contributed by atoms with Crippen LogP contribution in [0.4, 0.5) is 0 Å². The van der Waals surface area contributed by atoms with Gasteiger partial charge in [-0.15, -0.1) is 0 Å². The third-order valence-electron chi connectivity index (χ3n) is 6.86. The van der Waals surface area contributed by atoms with Gasteiger partial charge in [0.2, 0.25) is 11.8 Å². The van der Waals surface area contributed by atoms with Crippen LogP contribution >= 0.6 is 11.8 Å². The summed E-state index contributed by atoms with van der Waals surface area (Å²) in [6.45, 7) is 5.11. The minimum Gasteiger partial charge on any atom is -0.356 e. The number of likely N-dealkylation sites (N-methyl/N-ethyl adjacent to an activating group) is 1. The molecule has 0 saturated carbocycles. The second kappa shape index (κ2) is 14.3. The lowest BCUT2D eigenvalue weighted by molar-refractivity contribution is -0.154. The van der Waals surface area contributed by atoms with Gasteiger partial charge in [0, 0.05) is 45.8 Å². The maximum absolute atomic E-state index is 13.9. The zero-order valence-electron chi connectivity index (χ0n) is 24.3. The summed E-state index contributed by atoms with van der Waals surface area (Å²) in [4.78, 5) is 83.3. The average Bonchev–Trinajstić information content (AvgIpc) is 3.19. The summed E-state index contributed by atoms with van der Waals surface area (Å²) in [5, 5.41) is 2.06. The zero-order chi connectivity index (χ0) is 31.0. The summed E-state index contributed by atoms with van der Waals surface area (Å²) in [7, 11) is 1.37. The van der Waals surface area contributed by atoms with Crippen LogP contribution in [-0.4, -0.2) is 73.9 Å². The van der Waals surface area contributed by atoms with Crippen molar-refractivity contribution in [2.45, 2.75) is 63.8 Å². The number of nitrogens with one attached hydrogen (secondary N) is 1. The number of benzene rings is 1. The van der Waals surface area contributed by atoms with Crippen LogP contribution < -0.4 is 11.1 Å². The van der Waals surface area contributed by atoms with Crippen LogP contribution in [0.3, 0.4) is 0 Å². The van der Waals surface area contributed by atoms with E-state index >= 15 is 0 Å². The largest absolute Gasteiger partial charge is 0.356 e. The number of nitrogens with zero attached hydrogens (tertiary/aromatic N) is 3. The summed E-state index contributed by atoms with van der Waals surface area (Å²) in [6, 6.07) is 8.75. The highest BCUT2D eigenvalue weighted by atomic mass is 32.2. The number of nitrogens with two attached hydrogens (primary N) is 1. The Hall–Kier alpha value is -3.90. The Morgan fingerprint density at radius 2 is 1.62 bits per heavy atom. The van der Waals surface area contributed by atoms with Gasteiger partial charge in [-0.2, -0.15) is 0 Å². The van der Waals surface area contributed by atoms with Crippen molar-refractivity contribution in [2.24, 2.45) is 11.7 Å². The van der Waals surface area contributed by atoms with Gasteiger partial charge in [-0.3, -0.25) is 43.6 Å². The van der Waals surface area contributed by atoms with Crippen LogP contribution in [0, 0.1) is 5.92 Å². The monoisotopic (exact) mass is 595 g/mol. The van der Waals surface area contributed by atoms with Crippen LogP contribution in [0.25, 0.3) is 0 Å². The third-order valence-corrected chi connectivity index (χ3v) is 8.00.